The Balaban J connectivity index is 1.74. The number of pyridine rings is 1. The van der Waals surface area contributed by atoms with Gasteiger partial charge >= 0.3 is 5.97 Å². The maximum atomic E-state index is 10.7. The van der Waals surface area contributed by atoms with Crippen molar-refractivity contribution < 1.29 is 9.90 Å². The number of thioether (sulfide) groups is 1. The molecule has 0 bridgehead atoms. The van der Waals surface area contributed by atoms with E-state index < -0.39 is 5.97 Å². The number of carboxylic acid groups (broad SMARTS) is 1. The number of aromatic nitrogens is 1. The van der Waals surface area contributed by atoms with E-state index in [4.69, 9.17) is 5.11 Å². The fourth-order valence-electron chi connectivity index (χ4n) is 2.01. The van der Waals surface area contributed by atoms with Gasteiger partial charge in [0.2, 0.25) is 0 Å². The van der Waals surface area contributed by atoms with Crippen LogP contribution in [0, 0.1) is 5.92 Å². The van der Waals surface area contributed by atoms with E-state index in [9.17, 15) is 4.79 Å². The summed E-state index contributed by atoms with van der Waals surface area (Å²) < 4.78 is 0. The summed E-state index contributed by atoms with van der Waals surface area (Å²) in [5.74, 6) is 2.40. The molecule has 5 heteroatoms. The number of hydrogen-bond acceptors (Lipinski definition) is 4. The van der Waals surface area contributed by atoms with Gasteiger partial charge in [-0.2, -0.15) is 11.8 Å². The van der Waals surface area contributed by atoms with Crippen LogP contribution in [0.4, 0.5) is 0 Å². The fourth-order valence-corrected chi connectivity index (χ4v) is 3.21. The van der Waals surface area contributed by atoms with Crippen molar-refractivity contribution >= 4 is 17.7 Å². The first-order chi connectivity index (χ1) is 8.75. The molecule has 1 aliphatic heterocycles. The van der Waals surface area contributed by atoms with E-state index in [1.165, 1.54) is 30.5 Å². The molecule has 1 saturated heterocycles. The van der Waals surface area contributed by atoms with Crippen LogP contribution in [0.1, 0.15) is 28.9 Å². The molecule has 0 aromatic carbocycles. The highest BCUT2D eigenvalue weighted by molar-refractivity contribution is 7.99. The van der Waals surface area contributed by atoms with Crippen LogP contribution in [0.15, 0.2) is 18.3 Å². The molecule has 0 atom stereocenters. The number of nitrogens with one attached hydrogen (secondary N) is 1. The number of nitrogens with zero attached hydrogens (tertiary/aromatic N) is 1. The third kappa shape index (κ3) is 3.99. The largest absolute Gasteiger partial charge is 0.478 e. The third-order valence-electron chi connectivity index (χ3n) is 3.15. The molecule has 98 valence electrons. The van der Waals surface area contributed by atoms with Gasteiger partial charge in [0.1, 0.15) is 0 Å². The summed E-state index contributed by atoms with van der Waals surface area (Å²) in [5.41, 5.74) is 1.13. The Kier molecular flexibility index (Phi) is 5.01. The monoisotopic (exact) mass is 266 g/mol. The van der Waals surface area contributed by atoms with Crippen LogP contribution >= 0.6 is 11.8 Å². The number of rotatable bonds is 5. The molecule has 2 heterocycles. The van der Waals surface area contributed by atoms with Crippen LogP contribution in [0.2, 0.25) is 0 Å². The second-order valence-corrected chi connectivity index (χ2v) is 5.75. The average molecular weight is 266 g/mol. The summed E-state index contributed by atoms with van der Waals surface area (Å²) in [4.78, 5) is 14.8. The van der Waals surface area contributed by atoms with Gasteiger partial charge in [-0.3, -0.25) is 4.98 Å². The summed E-state index contributed by atoms with van der Waals surface area (Å²) in [6.07, 6.45) is 4.00. The number of aromatic carboxylic acids is 1. The summed E-state index contributed by atoms with van der Waals surface area (Å²) >= 11 is 2.04. The molecule has 2 N–H and O–H groups in total. The second kappa shape index (κ2) is 6.75. The molecule has 1 aliphatic rings. The Morgan fingerprint density at radius 3 is 2.83 bits per heavy atom. The minimum absolute atomic E-state index is 0.239. The third-order valence-corrected chi connectivity index (χ3v) is 4.20. The maximum absolute atomic E-state index is 10.7. The maximum Gasteiger partial charge on any atom is 0.337 e. The Hall–Kier alpha value is -1.07. The Bertz CT molecular complexity index is 388. The minimum atomic E-state index is -0.929. The van der Waals surface area contributed by atoms with Gasteiger partial charge in [-0.25, -0.2) is 4.79 Å². The molecular formula is C13H18N2O2S. The molecule has 0 spiro atoms. The molecule has 1 fully saturated rings. The van der Waals surface area contributed by atoms with Gasteiger partial charge < -0.3 is 10.4 Å². The first-order valence-corrected chi connectivity index (χ1v) is 7.38. The van der Waals surface area contributed by atoms with Gasteiger partial charge in [-0.1, -0.05) is 0 Å². The fraction of sp³-hybridized carbons (Fsp3) is 0.538. The molecular weight excluding hydrogens is 248 g/mol. The summed E-state index contributed by atoms with van der Waals surface area (Å²) in [6, 6.07) is 3.37. The van der Waals surface area contributed by atoms with Gasteiger partial charge in [-0.15, -0.1) is 0 Å². The molecule has 4 nitrogen and oxygen atoms in total. The van der Waals surface area contributed by atoms with Crippen molar-refractivity contribution in [1.29, 1.82) is 0 Å². The molecule has 1 aromatic heterocycles. The molecule has 18 heavy (non-hydrogen) atoms. The summed E-state index contributed by atoms with van der Waals surface area (Å²) in [6.45, 7) is 1.74. The van der Waals surface area contributed by atoms with Crippen molar-refractivity contribution in [2.45, 2.75) is 19.4 Å². The molecule has 0 saturated carbocycles. The smallest absolute Gasteiger partial charge is 0.337 e. The van der Waals surface area contributed by atoms with Crippen LogP contribution in [-0.4, -0.2) is 34.1 Å². The van der Waals surface area contributed by atoms with E-state index in [-0.39, 0.29) is 5.56 Å². The Morgan fingerprint density at radius 1 is 1.44 bits per heavy atom. The molecule has 0 unspecified atom stereocenters. The highest BCUT2D eigenvalue weighted by atomic mass is 32.2. The van der Waals surface area contributed by atoms with Crippen molar-refractivity contribution in [2.24, 2.45) is 5.92 Å². The predicted molar refractivity (Wildman–Crippen MR) is 73.0 cm³/mol. The van der Waals surface area contributed by atoms with Gasteiger partial charge in [-0.05, 0) is 48.9 Å². The quantitative estimate of drug-likeness (QED) is 0.853. The zero-order valence-electron chi connectivity index (χ0n) is 10.3. The van der Waals surface area contributed by atoms with E-state index in [0.29, 0.717) is 6.54 Å². The average Bonchev–Trinajstić information content (AvgIpc) is 2.40. The molecule has 0 radical (unpaired) electrons. The Morgan fingerprint density at radius 2 is 2.22 bits per heavy atom. The SMILES string of the molecule is O=C(O)c1ccc(CNCC2CCSCC2)nc1. The number of carbonyl (C=O) groups is 1. The lowest BCUT2D eigenvalue weighted by Gasteiger charge is -2.21. The van der Waals surface area contributed by atoms with Crippen molar-refractivity contribution in [3.05, 3.63) is 29.6 Å². The van der Waals surface area contributed by atoms with Gasteiger partial charge in [0.05, 0.1) is 11.3 Å². The molecule has 0 amide bonds. The van der Waals surface area contributed by atoms with E-state index in [1.807, 2.05) is 11.8 Å². The highest BCUT2D eigenvalue weighted by Crippen LogP contribution is 2.21. The van der Waals surface area contributed by atoms with E-state index >= 15 is 0 Å². The summed E-state index contributed by atoms with van der Waals surface area (Å²) in [7, 11) is 0. The predicted octanol–water partition coefficient (Wildman–Crippen LogP) is 2.01. The lowest BCUT2D eigenvalue weighted by molar-refractivity contribution is 0.0696. The van der Waals surface area contributed by atoms with Crippen molar-refractivity contribution in [3.8, 4) is 0 Å². The zero-order valence-corrected chi connectivity index (χ0v) is 11.1. The van der Waals surface area contributed by atoms with Gasteiger partial charge in [0, 0.05) is 12.7 Å². The number of carboxylic acids is 1. The van der Waals surface area contributed by atoms with E-state index in [1.54, 1.807) is 12.1 Å². The van der Waals surface area contributed by atoms with E-state index in [2.05, 4.69) is 10.3 Å². The van der Waals surface area contributed by atoms with Crippen LogP contribution in [0.5, 0.6) is 0 Å². The first kappa shape index (κ1) is 13.4. The van der Waals surface area contributed by atoms with Gasteiger partial charge in [0.15, 0.2) is 0 Å². The van der Waals surface area contributed by atoms with Crippen LogP contribution < -0.4 is 5.32 Å². The first-order valence-electron chi connectivity index (χ1n) is 6.22. The lowest BCUT2D eigenvalue weighted by atomic mass is 10.0. The van der Waals surface area contributed by atoms with Crippen molar-refractivity contribution in [3.63, 3.8) is 0 Å². The standard InChI is InChI=1S/C13H18N2O2S/c16-13(17)11-1-2-12(15-8-11)9-14-7-10-3-5-18-6-4-10/h1-2,8,10,14H,3-7,9H2,(H,16,17). The highest BCUT2D eigenvalue weighted by Gasteiger charge is 2.12. The second-order valence-electron chi connectivity index (χ2n) is 4.53. The molecule has 2 rings (SSSR count). The zero-order chi connectivity index (χ0) is 12.8. The van der Waals surface area contributed by atoms with Crippen LogP contribution in [0.3, 0.4) is 0 Å². The van der Waals surface area contributed by atoms with E-state index in [0.717, 1.165) is 18.2 Å². The topological polar surface area (TPSA) is 62.2 Å². The van der Waals surface area contributed by atoms with Gasteiger partial charge in [0.25, 0.3) is 0 Å². The van der Waals surface area contributed by atoms with Crippen molar-refractivity contribution in [1.82, 2.24) is 10.3 Å². The Labute approximate surface area is 111 Å². The summed E-state index contributed by atoms with van der Waals surface area (Å²) in [5, 5.41) is 12.2. The lowest BCUT2D eigenvalue weighted by Crippen LogP contribution is -2.25. The van der Waals surface area contributed by atoms with Crippen molar-refractivity contribution in [2.75, 3.05) is 18.1 Å². The minimum Gasteiger partial charge on any atom is -0.478 e. The molecule has 1 aromatic rings. The van der Waals surface area contributed by atoms with Crippen LogP contribution in [-0.2, 0) is 6.54 Å². The van der Waals surface area contributed by atoms with Crippen LogP contribution in [0.25, 0.3) is 0 Å². The number of hydrogen-bond donors (Lipinski definition) is 2. The normalized spacial score (nSPS) is 16.7. The molecule has 0 aliphatic carbocycles.